The van der Waals surface area contributed by atoms with Crippen molar-refractivity contribution in [3.63, 3.8) is 0 Å². The van der Waals surface area contributed by atoms with Crippen molar-refractivity contribution in [2.75, 3.05) is 0 Å². The molecule has 1 saturated carbocycles. The fourth-order valence-corrected chi connectivity index (χ4v) is 3.90. The SMILES string of the molecule is O=C(NC1CCCCC1)c1cccc2c1-c1ccccc1/C2=N/O. The van der Waals surface area contributed by atoms with Gasteiger partial charge >= 0.3 is 0 Å². The topological polar surface area (TPSA) is 61.7 Å². The predicted octanol–water partition coefficient (Wildman–Crippen LogP) is 3.96. The van der Waals surface area contributed by atoms with Gasteiger partial charge in [-0.1, -0.05) is 60.8 Å². The van der Waals surface area contributed by atoms with Gasteiger partial charge in [-0.3, -0.25) is 4.79 Å². The molecular weight excluding hydrogens is 300 g/mol. The second kappa shape index (κ2) is 6.11. The Morgan fingerprint density at radius 2 is 1.67 bits per heavy atom. The lowest BCUT2D eigenvalue weighted by Gasteiger charge is -2.23. The van der Waals surface area contributed by atoms with Gasteiger partial charge in [-0.05, 0) is 24.5 Å². The van der Waals surface area contributed by atoms with Crippen molar-refractivity contribution in [3.05, 3.63) is 59.2 Å². The summed E-state index contributed by atoms with van der Waals surface area (Å²) >= 11 is 0. The van der Waals surface area contributed by atoms with E-state index in [9.17, 15) is 10.0 Å². The average molecular weight is 320 g/mol. The minimum Gasteiger partial charge on any atom is -0.410 e. The number of rotatable bonds is 2. The summed E-state index contributed by atoms with van der Waals surface area (Å²) in [5.74, 6) is -0.0345. The number of fused-ring (bicyclic) bond motifs is 3. The molecule has 4 heteroatoms. The first-order chi connectivity index (χ1) is 11.8. The molecule has 0 bridgehead atoms. The highest BCUT2D eigenvalue weighted by Crippen LogP contribution is 2.39. The van der Waals surface area contributed by atoms with Crippen molar-refractivity contribution < 1.29 is 10.0 Å². The van der Waals surface area contributed by atoms with Crippen LogP contribution in [-0.2, 0) is 0 Å². The Labute approximate surface area is 141 Å². The van der Waals surface area contributed by atoms with Crippen LogP contribution in [0.3, 0.4) is 0 Å². The van der Waals surface area contributed by atoms with Crippen LogP contribution in [0.25, 0.3) is 11.1 Å². The van der Waals surface area contributed by atoms with Crippen molar-refractivity contribution in [1.82, 2.24) is 5.32 Å². The van der Waals surface area contributed by atoms with Crippen LogP contribution in [0.1, 0.15) is 53.6 Å². The molecule has 122 valence electrons. The van der Waals surface area contributed by atoms with Crippen LogP contribution >= 0.6 is 0 Å². The lowest BCUT2D eigenvalue weighted by molar-refractivity contribution is 0.0928. The third-order valence-corrected chi connectivity index (χ3v) is 5.06. The molecule has 0 aromatic heterocycles. The summed E-state index contributed by atoms with van der Waals surface area (Å²) in [4.78, 5) is 12.9. The fourth-order valence-electron chi connectivity index (χ4n) is 3.90. The Morgan fingerprint density at radius 3 is 2.42 bits per heavy atom. The number of hydrogen-bond donors (Lipinski definition) is 2. The molecule has 2 aliphatic carbocycles. The van der Waals surface area contributed by atoms with E-state index in [0.717, 1.165) is 35.1 Å². The van der Waals surface area contributed by atoms with Crippen LogP contribution in [0.15, 0.2) is 47.6 Å². The summed E-state index contributed by atoms with van der Waals surface area (Å²) in [5, 5.41) is 16.1. The number of benzene rings is 2. The Balaban J connectivity index is 1.75. The molecule has 24 heavy (non-hydrogen) atoms. The maximum atomic E-state index is 12.9. The lowest BCUT2D eigenvalue weighted by Crippen LogP contribution is -2.36. The van der Waals surface area contributed by atoms with Gasteiger partial charge in [-0.2, -0.15) is 0 Å². The largest absolute Gasteiger partial charge is 0.410 e. The molecule has 2 N–H and O–H groups in total. The molecule has 0 saturated heterocycles. The standard InChI is InChI=1S/C20H20N2O2/c23-20(21-13-7-2-1-3-8-13)17-12-6-11-16-18(17)14-9-4-5-10-15(14)19(16)22-24/h4-6,9-13,24H,1-3,7-8H2,(H,21,23)/b22-19-. The maximum Gasteiger partial charge on any atom is 0.252 e. The van der Waals surface area contributed by atoms with Gasteiger partial charge in [0.1, 0.15) is 5.71 Å². The first-order valence-electron chi connectivity index (χ1n) is 8.55. The van der Waals surface area contributed by atoms with E-state index in [2.05, 4.69) is 10.5 Å². The van der Waals surface area contributed by atoms with E-state index in [4.69, 9.17) is 0 Å². The number of carbonyl (C=O) groups excluding carboxylic acids is 1. The summed E-state index contributed by atoms with van der Waals surface area (Å²) < 4.78 is 0. The summed E-state index contributed by atoms with van der Waals surface area (Å²) in [7, 11) is 0. The van der Waals surface area contributed by atoms with E-state index in [1.807, 2.05) is 42.5 Å². The molecule has 4 rings (SSSR count). The molecule has 0 aliphatic heterocycles. The summed E-state index contributed by atoms with van der Waals surface area (Å²) in [6, 6.07) is 13.6. The zero-order chi connectivity index (χ0) is 16.5. The number of nitrogens with zero attached hydrogens (tertiary/aromatic N) is 1. The van der Waals surface area contributed by atoms with Crippen LogP contribution in [0.4, 0.5) is 0 Å². The highest BCUT2D eigenvalue weighted by molar-refractivity contribution is 6.26. The predicted molar refractivity (Wildman–Crippen MR) is 93.6 cm³/mol. The third-order valence-electron chi connectivity index (χ3n) is 5.06. The number of carbonyl (C=O) groups is 1. The van der Waals surface area contributed by atoms with Crippen LogP contribution in [-0.4, -0.2) is 22.9 Å². The smallest absolute Gasteiger partial charge is 0.252 e. The lowest BCUT2D eigenvalue weighted by atomic mass is 9.94. The van der Waals surface area contributed by atoms with Gasteiger partial charge in [-0.25, -0.2) is 0 Å². The Morgan fingerprint density at radius 1 is 0.958 bits per heavy atom. The number of hydrogen-bond acceptors (Lipinski definition) is 3. The van der Waals surface area contributed by atoms with E-state index in [1.165, 1.54) is 19.3 Å². The highest BCUT2D eigenvalue weighted by Gasteiger charge is 2.29. The van der Waals surface area contributed by atoms with Gasteiger partial charge < -0.3 is 10.5 Å². The monoisotopic (exact) mass is 320 g/mol. The Hall–Kier alpha value is -2.62. The minimum absolute atomic E-state index is 0.0345. The zero-order valence-electron chi connectivity index (χ0n) is 13.5. The van der Waals surface area contributed by atoms with Crippen LogP contribution in [0, 0.1) is 0 Å². The summed E-state index contributed by atoms with van der Waals surface area (Å²) in [5.41, 5.74) is 4.70. The van der Waals surface area contributed by atoms with Gasteiger partial charge in [0, 0.05) is 28.3 Å². The van der Waals surface area contributed by atoms with Crippen molar-refractivity contribution in [1.29, 1.82) is 0 Å². The van der Waals surface area contributed by atoms with Gasteiger partial charge in [-0.15, -0.1) is 0 Å². The molecule has 1 amide bonds. The van der Waals surface area contributed by atoms with Crippen LogP contribution in [0.2, 0.25) is 0 Å². The minimum atomic E-state index is -0.0345. The molecule has 4 nitrogen and oxygen atoms in total. The van der Waals surface area contributed by atoms with Crippen LogP contribution < -0.4 is 5.32 Å². The van der Waals surface area contributed by atoms with Crippen molar-refractivity contribution in [3.8, 4) is 11.1 Å². The molecular formula is C20H20N2O2. The highest BCUT2D eigenvalue weighted by atomic mass is 16.4. The molecule has 0 heterocycles. The van der Waals surface area contributed by atoms with E-state index in [-0.39, 0.29) is 11.9 Å². The molecule has 0 spiro atoms. The molecule has 2 aliphatic rings. The van der Waals surface area contributed by atoms with E-state index in [1.54, 1.807) is 0 Å². The maximum absolute atomic E-state index is 12.9. The first kappa shape index (κ1) is 14.9. The summed E-state index contributed by atoms with van der Waals surface area (Å²) in [6.07, 6.45) is 5.74. The van der Waals surface area contributed by atoms with Gasteiger partial charge in [0.2, 0.25) is 0 Å². The van der Waals surface area contributed by atoms with E-state index >= 15 is 0 Å². The number of oxime groups is 1. The third kappa shape index (κ3) is 2.39. The van der Waals surface area contributed by atoms with Crippen molar-refractivity contribution in [2.45, 2.75) is 38.1 Å². The van der Waals surface area contributed by atoms with E-state index in [0.29, 0.717) is 11.3 Å². The quantitative estimate of drug-likeness (QED) is 0.554. The number of amides is 1. The molecule has 2 aromatic carbocycles. The second-order valence-electron chi connectivity index (χ2n) is 6.53. The van der Waals surface area contributed by atoms with Gasteiger partial charge in [0.05, 0.1) is 0 Å². The number of nitrogens with one attached hydrogen (secondary N) is 1. The van der Waals surface area contributed by atoms with Gasteiger partial charge in [0.15, 0.2) is 0 Å². The van der Waals surface area contributed by atoms with Gasteiger partial charge in [0.25, 0.3) is 5.91 Å². The zero-order valence-corrected chi connectivity index (χ0v) is 13.5. The van der Waals surface area contributed by atoms with Crippen molar-refractivity contribution in [2.24, 2.45) is 5.16 Å². The normalized spacial score (nSPS) is 18.2. The molecule has 0 unspecified atom stereocenters. The van der Waals surface area contributed by atoms with Crippen molar-refractivity contribution >= 4 is 11.6 Å². The molecule has 0 radical (unpaired) electrons. The molecule has 2 aromatic rings. The Bertz CT molecular complexity index is 820. The van der Waals surface area contributed by atoms with E-state index < -0.39 is 0 Å². The summed E-state index contributed by atoms with van der Waals surface area (Å²) in [6.45, 7) is 0. The fraction of sp³-hybridized carbons (Fsp3) is 0.300. The molecule has 0 atom stereocenters. The first-order valence-corrected chi connectivity index (χ1v) is 8.55. The molecule has 1 fully saturated rings. The Kier molecular flexibility index (Phi) is 3.81. The van der Waals surface area contributed by atoms with Crippen LogP contribution in [0.5, 0.6) is 0 Å². The second-order valence-corrected chi connectivity index (χ2v) is 6.53. The average Bonchev–Trinajstić information content (AvgIpc) is 2.96.